The van der Waals surface area contributed by atoms with Gasteiger partial charge in [0.2, 0.25) is 0 Å². The number of benzene rings is 1. The zero-order valence-electron chi connectivity index (χ0n) is 9.46. The summed E-state index contributed by atoms with van der Waals surface area (Å²) in [6, 6.07) is 7.87. The number of ketones is 1. The van der Waals surface area contributed by atoms with Crippen molar-refractivity contribution >= 4 is 28.3 Å². The average molecular weight is 236 g/mol. The summed E-state index contributed by atoms with van der Waals surface area (Å²) in [4.78, 5) is 11.2. The molecule has 2 nitrogen and oxygen atoms in total. The summed E-state index contributed by atoms with van der Waals surface area (Å²) in [6.45, 7) is 4.54. The third-order valence-electron chi connectivity index (χ3n) is 2.72. The lowest BCUT2D eigenvalue weighted by Crippen LogP contribution is -2.04. The third-order valence-corrected chi connectivity index (χ3v) is 3.05. The van der Waals surface area contributed by atoms with Crippen LogP contribution in [0, 0.1) is 0 Å². The highest BCUT2D eigenvalue weighted by Crippen LogP contribution is 2.27. The second-order valence-corrected chi connectivity index (χ2v) is 4.34. The molecule has 1 heterocycles. The predicted octanol–water partition coefficient (Wildman–Crippen LogP) is 3.45. The Morgan fingerprint density at radius 3 is 2.81 bits per heavy atom. The van der Waals surface area contributed by atoms with Gasteiger partial charge in [-0.3, -0.25) is 4.79 Å². The molecule has 2 aromatic rings. The number of Topliss-reactive ketones (excluding diaryl/α,β-unsaturated/α-hetero) is 1. The van der Waals surface area contributed by atoms with E-state index in [0.717, 1.165) is 28.2 Å². The number of carbonyl (C=O) groups excluding carboxylic acids is 1. The van der Waals surface area contributed by atoms with Gasteiger partial charge in [-0.05, 0) is 32.0 Å². The highest BCUT2D eigenvalue weighted by molar-refractivity contribution is 6.35. The molecule has 1 aromatic heterocycles. The van der Waals surface area contributed by atoms with Gasteiger partial charge in [0.25, 0.3) is 0 Å². The van der Waals surface area contributed by atoms with Gasteiger partial charge in [-0.2, -0.15) is 0 Å². The van der Waals surface area contributed by atoms with E-state index in [2.05, 4.69) is 11.5 Å². The lowest BCUT2D eigenvalue weighted by atomic mass is 10.2. The van der Waals surface area contributed by atoms with Crippen LogP contribution in [0.1, 0.15) is 19.5 Å². The molecular formula is C13H14ClNO. The largest absolute Gasteiger partial charge is 0.344 e. The summed E-state index contributed by atoms with van der Waals surface area (Å²) < 4.78 is 2.14. The van der Waals surface area contributed by atoms with E-state index in [0.29, 0.717) is 6.42 Å². The van der Waals surface area contributed by atoms with Gasteiger partial charge in [-0.1, -0.05) is 17.7 Å². The van der Waals surface area contributed by atoms with Crippen molar-refractivity contribution in [3.05, 3.63) is 35.0 Å². The summed E-state index contributed by atoms with van der Waals surface area (Å²) in [6.07, 6.45) is 0.471. The molecule has 0 amide bonds. The highest BCUT2D eigenvalue weighted by atomic mass is 35.5. The first-order valence-electron chi connectivity index (χ1n) is 5.39. The number of nitrogens with zero attached hydrogens (tertiary/aromatic N) is 1. The Hall–Kier alpha value is -1.28. The van der Waals surface area contributed by atoms with Gasteiger partial charge in [0.15, 0.2) is 0 Å². The highest BCUT2D eigenvalue weighted by Gasteiger charge is 2.10. The maximum Gasteiger partial charge on any atom is 0.135 e. The first-order chi connectivity index (χ1) is 7.63. The van der Waals surface area contributed by atoms with E-state index in [-0.39, 0.29) is 5.78 Å². The minimum absolute atomic E-state index is 0.175. The first kappa shape index (κ1) is 11.2. The molecule has 0 aliphatic heterocycles. The van der Waals surface area contributed by atoms with Crippen molar-refractivity contribution in [3.63, 3.8) is 0 Å². The van der Waals surface area contributed by atoms with Crippen molar-refractivity contribution in [3.8, 4) is 0 Å². The number of hydrogen-bond donors (Lipinski definition) is 0. The van der Waals surface area contributed by atoms with Gasteiger partial charge in [-0.25, -0.2) is 0 Å². The zero-order chi connectivity index (χ0) is 11.7. The second-order valence-electron chi connectivity index (χ2n) is 3.93. The van der Waals surface area contributed by atoms with Crippen molar-refractivity contribution < 1.29 is 4.79 Å². The van der Waals surface area contributed by atoms with Crippen LogP contribution in [0.2, 0.25) is 5.02 Å². The van der Waals surface area contributed by atoms with Crippen LogP contribution < -0.4 is 0 Å². The van der Waals surface area contributed by atoms with Crippen molar-refractivity contribution in [2.24, 2.45) is 0 Å². The Morgan fingerprint density at radius 2 is 2.19 bits per heavy atom. The Balaban J connectivity index is 2.66. The molecule has 0 bridgehead atoms. The molecule has 0 N–H and O–H groups in total. The third kappa shape index (κ3) is 1.85. The van der Waals surface area contributed by atoms with Crippen LogP contribution in [0.25, 0.3) is 10.9 Å². The summed E-state index contributed by atoms with van der Waals surface area (Å²) in [5.41, 5.74) is 2.14. The summed E-state index contributed by atoms with van der Waals surface area (Å²) in [5.74, 6) is 0.175. The van der Waals surface area contributed by atoms with E-state index in [1.54, 1.807) is 6.92 Å². The molecule has 0 saturated carbocycles. The van der Waals surface area contributed by atoms with Crippen molar-refractivity contribution in [2.75, 3.05) is 0 Å². The zero-order valence-corrected chi connectivity index (χ0v) is 10.2. The van der Waals surface area contributed by atoms with E-state index in [1.807, 2.05) is 24.3 Å². The van der Waals surface area contributed by atoms with Gasteiger partial charge >= 0.3 is 0 Å². The number of hydrogen-bond acceptors (Lipinski definition) is 1. The van der Waals surface area contributed by atoms with E-state index in [1.165, 1.54) is 0 Å². The van der Waals surface area contributed by atoms with E-state index in [4.69, 9.17) is 11.6 Å². The Labute approximate surface area is 99.8 Å². The topological polar surface area (TPSA) is 22.0 Å². The molecule has 3 heteroatoms. The molecule has 0 radical (unpaired) electrons. The molecule has 0 saturated heterocycles. The Bertz CT molecular complexity index is 542. The molecule has 84 valence electrons. The molecule has 0 fully saturated rings. The van der Waals surface area contributed by atoms with E-state index >= 15 is 0 Å². The standard InChI is InChI=1S/C13H14ClNO/c1-3-15-10(7-9(2)16)8-11-12(14)5-4-6-13(11)15/h4-6,8H,3,7H2,1-2H3. The van der Waals surface area contributed by atoms with Gasteiger partial charge in [-0.15, -0.1) is 0 Å². The quantitative estimate of drug-likeness (QED) is 0.799. The summed E-state index contributed by atoms with van der Waals surface area (Å²) in [7, 11) is 0. The average Bonchev–Trinajstić information content (AvgIpc) is 2.56. The van der Waals surface area contributed by atoms with E-state index in [9.17, 15) is 4.79 Å². The van der Waals surface area contributed by atoms with Crippen LogP contribution in [0.4, 0.5) is 0 Å². The lowest BCUT2D eigenvalue weighted by Gasteiger charge is -2.06. The lowest BCUT2D eigenvalue weighted by molar-refractivity contribution is -0.116. The molecular weight excluding hydrogens is 222 g/mol. The molecule has 0 unspecified atom stereocenters. The summed E-state index contributed by atoms with van der Waals surface area (Å²) >= 11 is 6.14. The summed E-state index contributed by atoms with van der Waals surface area (Å²) in [5, 5.41) is 1.77. The van der Waals surface area contributed by atoms with Crippen molar-refractivity contribution in [2.45, 2.75) is 26.8 Å². The number of fused-ring (bicyclic) bond motifs is 1. The number of halogens is 1. The van der Waals surface area contributed by atoms with Gasteiger partial charge < -0.3 is 4.57 Å². The number of rotatable bonds is 3. The normalized spacial score (nSPS) is 10.9. The van der Waals surface area contributed by atoms with Crippen LogP contribution in [0.15, 0.2) is 24.3 Å². The number of aryl methyl sites for hydroxylation is 1. The molecule has 0 atom stereocenters. The molecule has 16 heavy (non-hydrogen) atoms. The fourth-order valence-electron chi connectivity index (χ4n) is 2.08. The SMILES string of the molecule is CCn1c(CC(C)=O)cc2c(Cl)cccc21. The van der Waals surface area contributed by atoms with Gasteiger partial charge in [0.05, 0.1) is 0 Å². The fraction of sp³-hybridized carbons (Fsp3) is 0.308. The van der Waals surface area contributed by atoms with Crippen LogP contribution in [-0.4, -0.2) is 10.4 Å². The molecule has 1 aromatic carbocycles. The first-order valence-corrected chi connectivity index (χ1v) is 5.77. The smallest absolute Gasteiger partial charge is 0.135 e. The van der Waals surface area contributed by atoms with Crippen LogP contribution in [0.3, 0.4) is 0 Å². The van der Waals surface area contributed by atoms with Crippen LogP contribution >= 0.6 is 11.6 Å². The van der Waals surface area contributed by atoms with Crippen LogP contribution in [0.5, 0.6) is 0 Å². The van der Waals surface area contributed by atoms with Crippen LogP contribution in [-0.2, 0) is 17.8 Å². The van der Waals surface area contributed by atoms with Crippen molar-refractivity contribution in [1.29, 1.82) is 0 Å². The maximum atomic E-state index is 11.2. The second kappa shape index (κ2) is 4.30. The van der Waals surface area contributed by atoms with E-state index < -0.39 is 0 Å². The molecule has 0 aliphatic carbocycles. The molecule has 2 rings (SSSR count). The molecule has 0 aliphatic rings. The molecule has 0 spiro atoms. The van der Waals surface area contributed by atoms with Crippen molar-refractivity contribution in [1.82, 2.24) is 4.57 Å². The minimum Gasteiger partial charge on any atom is -0.344 e. The number of aromatic nitrogens is 1. The maximum absolute atomic E-state index is 11.2. The Kier molecular flexibility index (Phi) is 3.01. The monoisotopic (exact) mass is 235 g/mol. The minimum atomic E-state index is 0.175. The predicted molar refractivity (Wildman–Crippen MR) is 67.0 cm³/mol. The Morgan fingerprint density at radius 1 is 1.44 bits per heavy atom. The van der Waals surface area contributed by atoms with Gasteiger partial charge in [0, 0.05) is 34.6 Å². The van der Waals surface area contributed by atoms with Gasteiger partial charge in [0.1, 0.15) is 5.78 Å². The fourth-order valence-corrected chi connectivity index (χ4v) is 2.30. The number of carbonyl (C=O) groups is 1.